The number of fused-ring (bicyclic) bond motifs is 2. The maximum atomic E-state index is 12.2. The van der Waals surface area contributed by atoms with E-state index in [2.05, 4.69) is 35.9 Å². The Bertz CT molecular complexity index is 799. The predicted molar refractivity (Wildman–Crippen MR) is 95.6 cm³/mol. The molecule has 0 radical (unpaired) electrons. The molecule has 0 aliphatic carbocycles. The number of ether oxygens (including phenoxy) is 1. The molecule has 0 saturated heterocycles. The van der Waals surface area contributed by atoms with E-state index in [1.54, 1.807) is 7.11 Å². The number of amides is 1. The highest BCUT2D eigenvalue weighted by molar-refractivity contribution is 6.05. The molecule has 0 bridgehead atoms. The topological polar surface area (TPSA) is 62.4 Å². The van der Waals surface area contributed by atoms with Crippen molar-refractivity contribution in [3.8, 4) is 5.75 Å². The van der Waals surface area contributed by atoms with Crippen LogP contribution in [0.4, 0.5) is 17.1 Å². The van der Waals surface area contributed by atoms with Crippen LogP contribution < -0.4 is 20.7 Å². The minimum atomic E-state index is -0.0767. The van der Waals surface area contributed by atoms with Gasteiger partial charge in [-0.05, 0) is 41.3 Å². The number of nitrogens with one attached hydrogen (secondary N) is 3. The number of rotatable bonds is 3. The van der Waals surface area contributed by atoms with Crippen LogP contribution in [0.15, 0.2) is 36.4 Å². The van der Waals surface area contributed by atoms with E-state index in [-0.39, 0.29) is 23.9 Å². The average molecular weight is 323 g/mol. The molecule has 1 amide bonds. The molecule has 24 heavy (non-hydrogen) atoms. The lowest BCUT2D eigenvalue weighted by atomic mass is 9.89. The first kappa shape index (κ1) is 14.9. The second-order valence-corrected chi connectivity index (χ2v) is 6.69. The molecule has 0 fully saturated rings. The largest absolute Gasteiger partial charge is 0.497 e. The first-order chi connectivity index (χ1) is 11.6. The zero-order valence-corrected chi connectivity index (χ0v) is 14.0. The summed E-state index contributed by atoms with van der Waals surface area (Å²) in [6.07, 6.45) is 0.0154. The number of anilines is 3. The highest BCUT2D eigenvalue weighted by Gasteiger charge is 2.35. The van der Waals surface area contributed by atoms with Crippen LogP contribution in [0.5, 0.6) is 5.75 Å². The van der Waals surface area contributed by atoms with Crippen LogP contribution in [0.2, 0.25) is 0 Å². The van der Waals surface area contributed by atoms with E-state index in [1.807, 2.05) is 30.3 Å². The highest BCUT2D eigenvalue weighted by atomic mass is 16.5. The summed E-state index contributed by atoms with van der Waals surface area (Å²) in [5.74, 6) is 1.13. The summed E-state index contributed by atoms with van der Waals surface area (Å²) in [5.41, 5.74) is 5.19. The molecule has 2 heterocycles. The minimum Gasteiger partial charge on any atom is -0.497 e. The number of hydrogen-bond donors (Lipinski definition) is 3. The maximum Gasteiger partial charge on any atom is 0.232 e. The zero-order valence-electron chi connectivity index (χ0n) is 14.0. The van der Waals surface area contributed by atoms with Crippen LogP contribution in [0, 0.1) is 5.92 Å². The fraction of sp³-hybridized carbons (Fsp3) is 0.316. The van der Waals surface area contributed by atoms with Crippen molar-refractivity contribution in [3.05, 3.63) is 47.5 Å². The maximum absolute atomic E-state index is 12.2. The lowest BCUT2D eigenvalue weighted by Gasteiger charge is -2.14. The van der Waals surface area contributed by atoms with Crippen molar-refractivity contribution in [2.24, 2.45) is 5.92 Å². The second-order valence-electron chi connectivity index (χ2n) is 6.69. The van der Waals surface area contributed by atoms with Gasteiger partial charge in [0.1, 0.15) is 11.9 Å². The molecule has 2 unspecified atom stereocenters. The number of carbonyl (C=O) groups is 1. The SMILES string of the molecule is COc1ccc(C2Nc3cc4c(cc3N2)C(C(C)C)C(=O)N4)cc1. The summed E-state index contributed by atoms with van der Waals surface area (Å²) in [6.45, 7) is 4.16. The number of benzene rings is 2. The molecular formula is C19H21N3O2. The normalized spacial score (nSPS) is 20.9. The lowest BCUT2D eigenvalue weighted by Crippen LogP contribution is -2.16. The van der Waals surface area contributed by atoms with Gasteiger partial charge in [0.05, 0.1) is 24.4 Å². The molecule has 2 aliphatic rings. The van der Waals surface area contributed by atoms with Crippen molar-refractivity contribution in [2.45, 2.75) is 25.9 Å². The molecule has 0 aromatic heterocycles. The summed E-state index contributed by atoms with van der Waals surface area (Å²) < 4.78 is 5.21. The van der Waals surface area contributed by atoms with Crippen molar-refractivity contribution in [1.82, 2.24) is 0 Å². The molecule has 2 aromatic carbocycles. The van der Waals surface area contributed by atoms with Crippen LogP contribution in [-0.2, 0) is 4.79 Å². The average Bonchev–Trinajstić information content (AvgIpc) is 3.11. The summed E-state index contributed by atoms with van der Waals surface area (Å²) in [7, 11) is 1.66. The summed E-state index contributed by atoms with van der Waals surface area (Å²) in [6, 6.07) is 12.1. The van der Waals surface area contributed by atoms with Gasteiger partial charge in [0.2, 0.25) is 5.91 Å². The van der Waals surface area contributed by atoms with Crippen LogP contribution in [0.25, 0.3) is 0 Å². The molecule has 5 nitrogen and oxygen atoms in total. The predicted octanol–water partition coefficient (Wildman–Crippen LogP) is 3.92. The van der Waals surface area contributed by atoms with Crippen LogP contribution >= 0.6 is 0 Å². The standard InChI is InChI=1S/C19H21N3O2/c1-10(2)17-13-8-15-16(9-14(13)22-19(17)23)21-18(20-15)11-4-6-12(24-3)7-5-11/h4-10,17-18,20-21H,1-3H3,(H,22,23). The zero-order chi connectivity index (χ0) is 16.8. The smallest absolute Gasteiger partial charge is 0.232 e. The highest BCUT2D eigenvalue weighted by Crippen LogP contribution is 2.45. The van der Waals surface area contributed by atoms with E-state index in [0.29, 0.717) is 0 Å². The van der Waals surface area contributed by atoms with Crippen LogP contribution in [0.1, 0.15) is 37.1 Å². The van der Waals surface area contributed by atoms with Crippen molar-refractivity contribution >= 4 is 23.0 Å². The fourth-order valence-electron chi connectivity index (χ4n) is 3.54. The Balaban J connectivity index is 1.63. The molecule has 124 valence electrons. The Morgan fingerprint density at radius 2 is 1.67 bits per heavy atom. The van der Waals surface area contributed by atoms with Gasteiger partial charge in [0, 0.05) is 5.69 Å². The van der Waals surface area contributed by atoms with Gasteiger partial charge in [-0.25, -0.2) is 0 Å². The van der Waals surface area contributed by atoms with Gasteiger partial charge in [0.25, 0.3) is 0 Å². The third-order valence-electron chi connectivity index (χ3n) is 4.78. The summed E-state index contributed by atoms with van der Waals surface area (Å²) >= 11 is 0. The van der Waals surface area contributed by atoms with Gasteiger partial charge in [-0.1, -0.05) is 26.0 Å². The van der Waals surface area contributed by atoms with Gasteiger partial charge >= 0.3 is 0 Å². The Hall–Kier alpha value is -2.69. The van der Waals surface area contributed by atoms with Crippen LogP contribution in [0.3, 0.4) is 0 Å². The summed E-state index contributed by atoms with van der Waals surface area (Å²) in [5, 5.41) is 9.98. The molecule has 5 heteroatoms. The third kappa shape index (κ3) is 2.28. The van der Waals surface area contributed by atoms with E-state index in [1.165, 1.54) is 0 Å². The van der Waals surface area contributed by atoms with Gasteiger partial charge in [-0.2, -0.15) is 0 Å². The second kappa shape index (κ2) is 5.44. The fourth-order valence-corrected chi connectivity index (χ4v) is 3.54. The van der Waals surface area contributed by atoms with Gasteiger partial charge in [0.15, 0.2) is 0 Å². The third-order valence-corrected chi connectivity index (χ3v) is 4.78. The Morgan fingerprint density at radius 1 is 1.00 bits per heavy atom. The van der Waals surface area contributed by atoms with E-state index in [0.717, 1.165) is 33.9 Å². The molecule has 4 rings (SSSR count). The van der Waals surface area contributed by atoms with Gasteiger partial charge < -0.3 is 20.7 Å². The van der Waals surface area contributed by atoms with Gasteiger partial charge in [-0.3, -0.25) is 4.79 Å². The molecule has 2 atom stereocenters. The monoisotopic (exact) mass is 323 g/mol. The van der Waals surface area contributed by atoms with E-state index < -0.39 is 0 Å². The van der Waals surface area contributed by atoms with Crippen molar-refractivity contribution in [1.29, 1.82) is 0 Å². The number of carbonyl (C=O) groups excluding carboxylic acids is 1. The molecule has 2 aromatic rings. The molecular weight excluding hydrogens is 302 g/mol. The van der Waals surface area contributed by atoms with E-state index >= 15 is 0 Å². The molecule has 0 saturated carbocycles. The van der Waals surface area contributed by atoms with Crippen molar-refractivity contribution in [2.75, 3.05) is 23.1 Å². The van der Waals surface area contributed by atoms with E-state index in [4.69, 9.17) is 4.74 Å². The van der Waals surface area contributed by atoms with Crippen molar-refractivity contribution in [3.63, 3.8) is 0 Å². The van der Waals surface area contributed by atoms with E-state index in [9.17, 15) is 4.79 Å². The number of methoxy groups -OCH3 is 1. The first-order valence-corrected chi connectivity index (χ1v) is 8.22. The minimum absolute atomic E-state index is 0.0154. The van der Waals surface area contributed by atoms with Crippen molar-refractivity contribution < 1.29 is 9.53 Å². The Labute approximate surface area is 141 Å². The molecule has 3 N–H and O–H groups in total. The molecule has 2 aliphatic heterocycles. The quantitative estimate of drug-likeness (QED) is 0.801. The Kier molecular flexibility index (Phi) is 3.37. The number of hydrogen-bond acceptors (Lipinski definition) is 4. The summed E-state index contributed by atoms with van der Waals surface area (Å²) in [4.78, 5) is 12.2. The van der Waals surface area contributed by atoms with Crippen LogP contribution in [-0.4, -0.2) is 13.0 Å². The van der Waals surface area contributed by atoms with Gasteiger partial charge in [-0.15, -0.1) is 0 Å². The lowest BCUT2D eigenvalue weighted by molar-refractivity contribution is -0.117. The molecule has 0 spiro atoms. The Morgan fingerprint density at radius 3 is 2.29 bits per heavy atom. The first-order valence-electron chi connectivity index (χ1n) is 8.22.